The number of hydrogen-bond acceptors (Lipinski definition) is 6. The lowest BCUT2D eigenvalue weighted by atomic mass is 10.1. The first-order valence-corrected chi connectivity index (χ1v) is 9.23. The minimum absolute atomic E-state index is 0.213. The van der Waals surface area contributed by atoms with Crippen LogP contribution >= 0.6 is 23.6 Å². The second-order valence-corrected chi connectivity index (χ2v) is 7.47. The number of carbonyl (C=O) groups is 1. The molecule has 0 saturated carbocycles. The fourth-order valence-electron chi connectivity index (χ4n) is 2.86. The molecular formula is C19H13N3O3S2. The third-order valence-electron chi connectivity index (χ3n) is 4.06. The first kappa shape index (κ1) is 17.3. The summed E-state index contributed by atoms with van der Waals surface area (Å²) in [5.74, 6) is -0.885. The SMILES string of the molecule is O=C(O)[C@H](c1ccccc1)n1c(O)c(C=C2N=c3ccccc3=N2)sc1=S. The zero-order chi connectivity index (χ0) is 19.0. The van der Waals surface area contributed by atoms with Crippen molar-refractivity contribution in [2.45, 2.75) is 6.04 Å². The van der Waals surface area contributed by atoms with Crippen LogP contribution in [0.5, 0.6) is 5.88 Å². The summed E-state index contributed by atoms with van der Waals surface area (Å²) in [6.07, 6.45) is 1.61. The van der Waals surface area contributed by atoms with E-state index in [2.05, 4.69) is 9.98 Å². The van der Waals surface area contributed by atoms with Gasteiger partial charge in [0, 0.05) is 6.08 Å². The molecule has 1 aromatic heterocycles. The molecule has 6 nitrogen and oxygen atoms in total. The van der Waals surface area contributed by atoms with Crippen molar-refractivity contribution in [3.05, 3.63) is 85.5 Å². The number of hydrogen-bond donors (Lipinski definition) is 2. The Labute approximate surface area is 162 Å². The second kappa shape index (κ2) is 6.90. The van der Waals surface area contributed by atoms with E-state index in [0.717, 1.165) is 22.1 Å². The largest absolute Gasteiger partial charge is 0.493 e. The van der Waals surface area contributed by atoms with E-state index in [9.17, 15) is 15.0 Å². The van der Waals surface area contributed by atoms with Crippen LogP contribution in [-0.2, 0) is 4.79 Å². The fourth-order valence-corrected chi connectivity index (χ4v) is 4.15. The normalized spacial score (nSPS) is 13.4. The van der Waals surface area contributed by atoms with Gasteiger partial charge in [0.05, 0.1) is 15.6 Å². The maximum absolute atomic E-state index is 11.9. The van der Waals surface area contributed by atoms with Gasteiger partial charge in [0.25, 0.3) is 0 Å². The molecule has 4 rings (SSSR count). The minimum Gasteiger partial charge on any atom is -0.493 e. The van der Waals surface area contributed by atoms with E-state index in [0.29, 0.717) is 16.3 Å². The summed E-state index contributed by atoms with van der Waals surface area (Å²) in [4.78, 5) is 21.1. The minimum atomic E-state index is -1.11. The monoisotopic (exact) mass is 395 g/mol. The number of thiazole rings is 1. The molecule has 27 heavy (non-hydrogen) atoms. The van der Waals surface area contributed by atoms with Gasteiger partial charge in [-0.1, -0.05) is 42.5 Å². The average Bonchev–Trinajstić information content (AvgIpc) is 3.18. The molecule has 8 heteroatoms. The van der Waals surface area contributed by atoms with Gasteiger partial charge in [-0.15, -0.1) is 11.3 Å². The molecule has 2 heterocycles. The zero-order valence-corrected chi connectivity index (χ0v) is 15.4. The van der Waals surface area contributed by atoms with Crippen molar-refractivity contribution >= 4 is 35.6 Å². The Hall–Kier alpha value is -3.10. The maximum atomic E-state index is 11.9. The highest BCUT2D eigenvalue weighted by atomic mass is 32.1. The molecule has 0 bridgehead atoms. The quantitative estimate of drug-likeness (QED) is 0.665. The van der Waals surface area contributed by atoms with E-state index < -0.39 is 12.0 Å². The molecule has 2 aromatic carbocycles. The molecule has 0 fully saturated rings. The van der Waals surface area contributed by atoms with Gasteiger partial charge in [0.2, 0.25) is 5.88 Å². The third kappa shape index (κ3) is 3.20. The number of benzene rings is 2. The maximum Gasteiger partial charge on any atom is 0.331 e. The first-order chi connectivity index (χ1) is 13.0. The van der Waals surface area contributed by atoms with E-state index in [-0.39, 0.29) is 9.83 Å². The van der Waals surface area contributed by atoms with Crippen molar-refractivity contribution in [3.8, 4) is 5.88 Å². The van der Waals surface area contributed by atoms with Crippen LogP contribution in [0, 0.1) is 3.95 Å². The Balaban J connectivity index is 1.81. The summed E-state index contributed by atoms with van der Waals surface area (Å²) in [5.41, 5.74) is 0.524. The van der Waals surface area contributed by atoms with Crippen molar-refractivity contribution < 1.29 is 15.0 Å². The van der Waals surface area contributed by atoms with Gasteiger partial charge < -0.3 is 10.2 Å². The molecule has 0 spiro atoms. The summed E-state index contributed by atoms with van der Waals surface area (Å²) in [5, 5.41) is 21.9. The summed E-state index contributed by atoms with van der Waals surface area (Å²) in [6.45, 7) is 0. The van der Waals surface area contributed by atoms with Gasteiger partial charge in [-0.05, 0) is 29.9 Å². The van der Waals surface area contributed by atoms with E-state index in [1.807, 2.05) is 24.3 Å². The highest BCUT2D eigenvalue weighted by molar-refractivity contribution is 7.73. The summed E-state index contributed by atoms with van der Waals surface area (Å²) < 4.78 is 1.50. The van der Waals surface area contributed by atoms with Gasteiger partial charge in [-0.3, -0.25) is 4.57 Å². The number of carboxylic acid groups (broad SMARTS) is 1. The molecule has 3 aromatic rings. The number of rotatable bonds is 4. The lowest BCUT2D eigenvalue weighted by Gasteiger charge is -2.15. The van der Waals surface area contributed by atoms with Crippen LogP contribution < -0.4 is 10.7 Å². The predicted octanol–water partition coefficient (Wildman–Crippen LogP) is 2.91. The van der Waals surface area contributed by atoms with Crippen molar-refractivity contribution in [1.29, 1.82) is 0 Å². The number of aromatic hydroxyl groups is 1. The Morgan fingerprint density at radius 3 is 2.26 bits per heavy atom. The van der Waals surface area contributed by atoms with Crippen LogP contribution in [0.15, 0.2) is 70.4 Å². The zero-order valence-electron chi connectivity index (χ0n) is 13.8. The molecule has 1 atom stereocenters. The van der Waals surface area contributed by atoms with Crippen molar-refractivity contribution in [2.75, 3.05) is 0 Å². The van der Waals surface area contributed by atoms with Crippen LogP contribution in [0.4, 0.5) is 0 Å². The second-order valence-electron chi connectivity index (χ2n) is 5.79. The first-order valence-electron chi connectivity index (χ1n) is 8.01. The Kier molecular flexibility index (Phi) is 4.43. The molecule has 0 unspecified atom stereocenters. The topological polar surface area (TPSA) is 87.2 Å². The molecule has 0 radical (unpaired) electrons. The van der Waals surface area contributed by atoms with E-state index in [1.54, 1.807) is 36.4 Å². The molecule has 1 aliphatic rings. The Morgan fingerprint density at radius 1 is 1.07 bits per heavy atom. The smallest absolute Gasteiger partial charge is 0.331 e. The van der Waals surface area contributed by atoms with Crippen molar-refractivity contribution in [1.82, 2.24) is 4.57 Å². The van der Waals surface area contributed by atoms with E-state index >= 15 is 0 Å². The van der Waals surface area contributed by atoms with Crippen molar-refractivity contribution in [2.24, 2.45) is 9.98 Å². The molecule has 0 amide bonds. The van der Waals surface area contributed by atoms with Crippen LogP contribution in [0.25, 0.3) is 6.08 Å². The van der Waals surface area contributed by atoms with Crippen LogP contribution in [0.3, 0.4) is 0 Å². The molecule has 2 N–H and O–H groups in total. The van der Waals surface area contributed by atoms with E-state index in [1.165, 1.54) is 4.57 Å². The standard InChI is InChI=1S/C19H13N3O3S2/c23-17-14(10-15-20-12-8-4-5-9-13(12)21-15)27-19(26)22(17)16(18(24)25)11-6-2-1-3-7-11/h1-10,16,23H,(H,24,25)/t16-/m0/s1. The van der Waals surface area contributed by atoms with Crippen molar-refractivity contribution in [3.63, 3.8) is 0 Å². The lowest BCUT2D eigenvalue weighted by Crippen LogP contribution is -2.20. The van der Waals surface area contributed by atoms with Crippen LogP contribution in [0.2, 0.25) is 0 Å². The predicted molar refractivity (Wildman–Crippen MR) is 104 cm³/mol. The highest BCUT2D eigenvalue weighted by Gasteiger charge is 2.27. The van der Waals surface area contributed by atoms with Gasteiger partial charge >= 0.3 is 5.97 Å². The number of fused-ring (bicyclic) bond motifs is 1. The Bertz CT molecular complexity index is 1210. The molecule has 0 aliphatic carbocycles. The summed E-state index contributed by atoms with van der Waals surface area (Å²) >= 11 is 6.45. The molecule has 134 valence electrons. The average molecular weight is 395 g/mol. The Morgan fingerprint density at radius 2 is 1.67 bits per heavy atom. The van der Waals surface area contributed by atoms with E-state index in [4.69, 9.17) is 12.2 Å². The summed E-state index contributed by atoms with van der Waals surface area (Å²) in [6, 6.07) is 15.0. The number of aliphatic carboxylic acids is 1. The van der Waals surface area contributed by atoms with Gasteiger partial charge in [-0.2, -0.15) is 0 Å². The lowest BCUT2D eigenvalue weighted by molar-refractivity contribution is -0.139. The third-order valence-corrected chi connectivity index (χ3v) is 5.40. The highest BCUT2D eigenvalue weighted by Crippen LogP contribution is 2.34. The number of aromatic nitrogens is 1. The van der Waals surface area contributed by atoms with Gasteiger partial charge in [0.1, 0.15) is 0 Å². The summed E-state index contributed by atoms with van der Waals surface area (Å²) in [7, 11) is 0. The van der Waals surface area contributed by atoms with Gasteiger partial charge in [-0.25, -0.2) is 14.8 Å². The number of nitrogens with zero attached hydrogens (tertiary/aromatic N) is 3. The molecule has 1 aliphatic heterocycles. The fraction of sp³-hybridized carbons (Fsp3) is 0.0526. The molecular weight excluding hydrogens is 382 g/mol. The number of carboxylic acids is 1. The number of para-hydroxylation sites is 2. The van der Waals surface area contributed by atoms with Crippen LogP contribution in [0.1, 0.15) is 16.5 Å². The van der Waals surface area contributed by atoms with Gasteiger partial charge in [0.15, 0.2) is 15.8 Å². The van der Waals surface area contributed by atoms with Crippen LogP contribution in [-0.4, -0.2) is 20.7 Å². The molecule has 0 saturated heterocycles.